The Kier molecular flexibility index (Phi) is 8.91. The van der Waals surface area contributed by atoms with Gasteiger partial charge in [-0.25, -0.2) is 9.18 Å². The molecule has 2 N–H and O–H groups in total. The molecule has 0 unspecified atom stereocenters. The molecule has 0 heterocycles. The Morgan fingerprint density at radius 1 is 0.816 bits per heavy atom. The van der Waals surface area contributed by atoms with Crippen LogP contribution < -0.4 is 25.0 Å². The lowest BCUT2D eigenvalue weighted by atomic mass is 10.2. The number of hydrogen-bond donors (Lipinski definition) is 2. The Morgan fingerprint density at radius 2 is 1.50 bits per heavy atom. The van der Waals surface area contributed by atoms with E-state index in [0.717, 1.165) is 0 Å². The summed E-state index contributed by atoms with van der Waals surface area (Å²) in [5.41, 5.74) is 1.16. The summed E-state index contributed by atoms with van der Waals surface area (Å²) in [4.78, 5) is 27.2. The van der Waals surface area contributed by atoms with E-state index in [2.05, 4.69) is 10.6 Å². The molecule has 0 radical (unpaired) electrons. The monoisotopic (exact) mass is 513 g/mol. The maximum absolute atomic E-state index is 14.2. The first kappa shape index (κ1) is 26.2. The van der Waals surface area contributed by atoms with Gasteiger partial charge in [0, 0.05) is 24.3 Å². The van der Waals surface area contributed by atoms with E-state index in [1.807, 2.05) is 30.3 Å². The molecule has 4 rings (SSSR count). The third kappa shape index (κ3) is 7.10. The number of amides is 3. The van der Waals surface area contributed by atoms with Crippen LogP contribution in [-0.2, 0) is 0 Å². The molecule has 0 atom stereocenters. The minimum Gasteiger partial charge on any atom is -0.497 e. The van der Waals surface area contributed by atoms with Crippen LogP contribution in [0.5, 0.6) is 17.2 Å². The fourth-order valence-corrected chi connectivity index (χ4v) is 3.72. The molecule has 0 saturated carbocycles. The zero-order valence-electron chi connectivity index (χ0n) is 20.9. The predicted octanol–water partition coefficient (Wildman–Crippen LogP) is 6.49. The van der Waals surface area contributed by atoms with Gasteiger partial charge in [0.1, 0.15) is 23.1 Å². The molecular formula is C30H28FN3O4. The smallest absolute Gasteiger partial charge is 0.326 e. The predicted molar refractivity (Wildman–Crippen MR) is 146 cm³/mol. The number of ether oxygens (including phenoxy) is 2. The van der Waals surface area contributed by atoms with E-state index in [0.29, 0.717) is 41.5 Å². The van der Waals surface area contributed by atoms with E-state index in [1.54, 1.807) is 60.7 Å². The van der Waals surface area contributed by atoms with Gasteiger partial charge in [-0.1, -0.05) is 36.4 Å². The first-order valence-electron chi connectivity index (χ1n) is 12.1. The highest BCUT2D eigenvalue weighted by molar-refractivity contribution is 6.01. The summed E-state index contributed by atoms with van der Waals surface area (Å²) in [5, 5.41) is 5.49. The number of nitrogens with zero attached hydrogens (tertiary/aromatic N) is 1. The van der Waals surface area contributed by atoms with Crippen LogP contribution in [0, 0.1) is 5.82 Å². The molecule has 0 aromatic heterocycles. The largest absolute Gasteiger partial charge is 0.497 e. The molecule has 0 spiro atoms. The molecular weight excluding hydrogens is 485 g/mol. The van der Waals surface area contributed by atoms with Crippen molar-refractivity contribution in [1.29, 1.82) is 0 Å². The van der Waals surface area contributed by atoms with Gasteiger partial charge in [0.05, 0.1) is 12.8 Å². The van der Waals surface area contributed by atoms with Crippen LogP contribution in [0.1, 0.15) is 16.8 Å². The second-order valence-electron chi connectivity index (χ2n) is 8.31. The van der Waals surface area contributed by atoms with Crippen molar-refractivity contribution in [3.8, 4) is 17.2 Å². The molecule has 3 amide bonds. The van der Waals surface area contributed by atoms with Crippen molar-refractivity contribution in [3.63, 3.8) is 0 Å². The lowest BCUT2D eigenvalue weighted by Gasteiger charge is -2.24. The van der Waals surface area contributed by atoms with Crippen LogP contribution in [0.3, 0.4) is 0 Å². The first-order valence-corrected chi connectivity index (χ1v) is 12.1. The molecule has 0 aliphatic heterocycles. The van der Waals surface area contributed by atoms with Crippen LogP contribution in [0.25, 0.3) is 0 Å². The van der Waals surface area contributed by atoms with Gasteiger partial charge >= 0.3 is 6.03 Å². The van der Waals surface area contributed by atoms with Gasteiger partial charge in [0.2, 0.25) is 0 Å². The van der Waals surface area contributed by atoms with E-state index in [1.165, 1.54) is 24.1 Å². The summed E-state index contributed by atoms with van der Waals surface area (Å²) in [6.07, 6.45) is 0.461. The summed E-state index contributed by atoms with van der Waals surface area (Å²) in [5.74, 6) is 1.13. The highest BCUT2D eigenvalue weighted by atomic mass is 19.1. The zero-order chi connectivity index (χ0) is 26.7. The molecule has 0 fully saturated rings. The number of nitrogens with one attached hydrogen (secondary N) is 2. The maximum Gasteiger partial charge on any atom is 0.326 e. The van der Waals surface area contributed by atoms with Crippen LogP contribution in [0.4, 0.5) is 20.6 Å². The van der Waals surface area contributed by atoms with E-state index in [-0.39, 0.29) is 18.1 Å². The topological polar surface area (TPSA) is 79.9 Å². The van der Waals surface area contributed by atoms with E-state index < -0.39 is 11.8 Å². The lowest BCUT2D eigenvalue weighted by Crippen LogP contribution is -2.37. The minimum absolute atomic E-state index is 0.0814. The van der Waals surface area contributed by atoms with Gasteiger partial charge < -0.3 is 20.1 Å². The number of benzene rings is 4. The number of carbonyl (C=O) groups excluding carboxylic acids is 2. The number of para-hydroxylation sites is 2. The van der Waals surface area contributed by atoms with Gasteiger partial charge in [0.15, 0.2) is 0 Å². The number of halogens is 1. The van der Waals surface area contributed by atoms with Gasteiger partial charge in [-0.15, -0.1) is 0 Å². The molecule has 38 heavy (non-hydrogen) atoms. The van der Waals surface area contributed by atoms with Gasteiger partial charge in [0.25, 0.3) is 5.91 Å². The summed E-state index contributed by atoms with van der Waals surface area (Å²) >= 11 is 0. The summed E-state index contributed by atoms with van der Waals surface area (Å²) in [6.45, 7) is 0.603. The standard InChI is InChI=1S/C30H28FN3O4/c1-37-26-12-7-9-22(21-26)29(35)32-19-8-20-34(30(36)33-28-14-6-5-13-27(28)31)23-15-17-25(18-16-23)38-24-10-3-2-4-11-24/h2-7,9-18,21H,8,19-20H2,1H3,(H,32,35)(H,33,36). The highest BCUT2D eigenvalue weighted by Gasteiger charge is 2.18. The summed E-state index contributed by atoms with van der Waals surface area (Å²) < 4.78 is 25.2. The molecule has 0 aliphatic carbocycles. The normalized spacial score (nSPS) is 10.4. The quantitative estimate of drug-likeness (QED) is 0.238. The van der Waals surface area contributed by atoms with Gasteiger partial charge in [-0.3, -0.25) is 9.69 Å². The average molecular weight is 514 g/mol. The molecule has 194 valence electrons. The molecule has 0 aliphatic rings. The summed E-state index contributed by atoms with van der Waals surface area (Å²) in [7, 11) is 1.54. The molecule has 0 bridgehead atoms. The van der Waals surface area contributed by atoms with Crippen molar-refractivity contribution in [2.45, 2.75) is 6.42 Å². The molecule has 0 saturated heterocycles. The van der Waals surface area contributed by atoms with Crippen molar-refractivity contribution < 1.29 is 23.5 Å². The fourth-order valence-electron chi connectivity index (χ4n) is 3.72. The Bertz CT molecular complexity index is 1360. The second kappa shape index (κ2) is 12.9. The highest BCUT2D eigenvalue weighted by Crippen LogP contribution is 2.25. The number of hydrogen-bond acceptors (Lipinski definition) is 4. The molecule has 4 aromatic carbocycles. The zero-order valence-corrected chi connectivity index (χ0v) is 20.9. The lowest BCUT2D eigenvalue weighted by molar-refractivity contribution is 0.0953. The number of rotatable bonds is 10. The van der Waals surface area contributed by atoms with Crippen molar-refractivity contribution >= 4 is 23.3 Å². The van der Waals surface area contributed by atoms with Crippen LogP contribution >= 0.6 is 0 Å². The van der Waals surface area contributed by atoms with Crippen LogP contribution in [0.2, 0.25) is 0 Å². The van der Waals surface area contributed by atoms with Crippen LogP contribution in [0.15, 0.2) is 103 Å². The molecule has 4 aromatic rings. The maximum atomic E-state index is 14.2. The Hall–Kier alpha value is -4.85. The van der Waals surface area contributed by atoms with Crippen LogP contribution in [-0.4, -0.2) is 32.1 Å². The van der Waals surface area contributed by atoms with E-state index >= 15 is 0 Å². The van der Waals surface area contributed by atoms with E-state index in [9.17, 15) is 14.0 Å². The first-order chi connectivity index (χ1) is 18.5. The molecule has 7 nitrogen and oxygen atoms in total. The van der Waals surface area contributed by atoms with E-state index in [4.69, 9.17) is 9.47 Å². The van der Waals surface area contributed by atoms with Crippen molar-refractivity contribution in [2.75, 3.05) is 30.4 Å². The van der Waals surface area contributed by atoms with Gasteiger partial charge in [-0.05, 0) is 73.2 Å². The molecule has 8 heteroatoms. The van der Waals surface area contributed by atoms with Crippen molar-refractivity contribution in [1.82, 2.24) is 5.32 Å². The fraction of sp³-hybridized carbons (Fsp3) is 0.133. The summed E-state index contributed by atoms with van der Waals surface area (Å²) in [6, 6.07) is 28.7. The Morgan fingerprint density at radius 3 is 2.24 bits per heavy atom. The number of anilines is 2. The third-order valence-electron chi connectivity index (χ3n) is 5.66. The van der Waals surface area contributed by atoms with Gasteiger partial charge in [-0.2, -0.15) is 0 Å². The Balaban J connectivity index is 1.43. The average Bonchev–Trinajstić information content (AvgIpc) is 2.95. The second-order valence-corrected chi connectivity index (χ2v) is 8.31. The number of carbonyl (C=O) groups is 2. The third-order valence-corrected chi connectivity index (χ3v) is 5.66. The SMILES string of the molecule is COc1cccc(C(=O)NCCCN(C(=O)Nc2ccccc2F)c2ccc(Oc3ccccc3)cc2)c1. The number of urea groups is 1. The number of methoxy groups -OCH3 is 1. The van der Waals surface area contributed by atoms with Crippen molar-refractivity contribution in [3.05, 3.63) is 115 Å². The van der Waals surface area contributed by atoms with Crippen molar-refractivity contribution in [2.24, 2.45) is 0 Å². The minimum atomic E-state index is -0.530. The Labute approximate surface area is 220 Å².